The summed E-state index contributed by atoms with van der Waals surface area (Å²) >= 11 is 0. The van der Waals surface area contributed by atoms with Crippen LogP contribution in [0.15, 0.2) is 42.5 Å². The van der Waals surface area contributed by atoms with Gasteiger partial charge in [-0.15, -0.1) is 0 Å². The number of hydrogen-bond donors (Lipinski definition) is 2. The summed E-state index contributed by atoms with van der Waals surface area (Å²) in [7, 11) is 3.22. The first kappa shape index (κ1) is 35.2. The second-order valence-electron chi connectivity index (χ2n) is 12.3. The van der Waals surface area contributed by atoms with Gasteiger partial charge >= 0.3 is 0 Å². The van der Waals surface area contributed by atoms with Crippen molar-refractivity contribution in [2.24, 2.45) is 0 Å². The van der Waals surface area contributed by atoms with Gasteiger partial charge in [0.15, 0.2) is 18.1 Å². The van der Waals surface area contributed by atoms with Gasteiger partial charge in [0.05, 0.1) is 18.1 Å². The Hall–Kier alpha value is -4.61. The fourth-order valence-corrected chi connectivity index (χ4v) is 5.71. The van der Waals surface area contributed by atoms with Gasteiger partial charge in [0.25, 0.3) is 5.91 Å². The number of nitrogens with zero attached hydrogens (tertiary/aromatic N) is 4. The van der Waals surface area contributed by atoms with Crippen molar-refractivity contribution in [3.63, 3.8) is 0 Å². The third-order valence-electron chi connectivity index (χ3n) is 8.30. The Balaban J connectivity index is 1.48. The molecule has 4 rings (SSSR count). The van der Waals surface area contributed by atoms with Crippen LogP contribution in [0.3, 0.4) is 0 Å². The lowest BCUT2D eigenvalue weighted by atomic mass is 10.1. The van der Waals surface area contributed by atoms with Gasteiger partial charge in [-0.05, 0) is 62.4 Å². The SMILES string of the molecule is COc1ccc2cc1OCC(=O)N[C@@H](C)C(=O)N(C)CCCCN(C(=O)Cn1c(C(C)C)nc3ccccc31)CCCNC(=O)CC2. The fraction of sp³-hybridized carbons (Fsp3) is 0.514. The van der Waals surface area contributed by atoms with Crippen molar-refractivity contribution in [2.75, 3.05) is 46.9 Å². The van der Waals surface area contributed by atoms with Gasteiger partial charge in [-0.25, -0.2) is 4.98 Å². The van der Waals surface area contributed by atoms with E-state index in [4.69, 9.17) is 14.5 Å². The van der Waals surface area contributed by atoms with Gasteiger partial charge in [-0.3, -0.25) is 19.2 Å². The average molecular weight is 649 g/mol. The van der Waals surface area contributed by atoms with E-state index in [0.717, 1.165) is 22.4 Å². The van der Waals surface area contributed by atoms with Crippen molar-refractivity contribution in [2.45, 2.75) is 71.4 Å². The van der Waals surface area contributed by atoms with Gasteiger partial charge in [-0.1, -0.05) is 32.0 Å². The normalized spacial score (nSPS) is 18.2. The lowest BCUT2D eigenvalue weighted by Crippen LogP contribution is -2.47. The Morgan fingerprint density at radius 1 is 1.02 bits per heavy atom. The first-order valence-electron chi connectivity index (χ1n) is 16.4. The molecule has 0 radical (unpaired) electrons. The smallest absolute Gasteiger partial charge is 0.258 e. The van der Waals surface area contributed by atoms with E-state index in [1.165, 1.54) is 7.11 Å². The number of para-hydroxylation sites is 2. The maximum atomic E-state index is 13.8. The second-order valence-corrected chi connectivity index (χ2v) is 12.3. The van der Waals surface area contributed by atoms with E-state index in [2.05, 4.69) is 24.5 Å². The van der Waals surface area contributed by atoms with E-state index in [9.17, 15) is 19.2 Å². The molecular weight excluding hydrogens is 600 g/mol. The highest BCUT2D eigenvalue weighted by Gasteiger charge is 2.22. The molecule has 1 aromatic heterocycles. The van der Waals surface area contributed by atoms with E-state index in [0.29, 0.717) is 63.4 Å². The molecule has 1 atom stereocenters. The van der Waals surface area contributed by atoms with E-state index in [1.807, 2.05) is 39.8 Å². The van der Waals surface area contributed by atoms with Crippen LogP contribution < -0.4 is 20.1 Å². The van der Waals surface area contributed by atoms with Crippen molar-refractivity contribution in [1.29, 1.82) is 0 Å². The standard InChI is InChI=1S/C35H48N6O6/c1-24(2)34-38-27-11-6-7-12-28(27)41(34)22-33(44)40-19-9-8-18-39(4)35(45)25(3)37-32(43)23-47-30-21-26(13-15-29(30)46-5)14-16-31(42)36-17-10-20-40/h6-7,11-13,15,21,24-25H,8-10,14,16-20,22-23H2,1-5H3,(H,36,42)(H,37,43)/t25-/m0/s1. The molecule has 1 aliphatic heterocycles. The number of nitrogens with one attached hydrogen (secondary N) is 2. The fourth-order valence-electron chi connectivity index (χ4n) is 5.71. The Bertz CT molecular complexity index is 1550. The van der Waals surface area contributed by atoms with Crippen molar-refractivity contribution in [3.05, 3.63) is 53.9 Å². The number of benzene rings is 2. The van der Waals surface area contributed by atoms with Crippen molar-refractivity contribution in [3.8, 4) is 11.5 Å². The number of likely N-dealkylation sites (N-methyl/N-ethyl adjacent to an activating group) is 1. The summed E-state index contributed by atoms with van der Waals surface area (Å²) in [4.78, 5) is 60.3. The average Bonchev–Trinajstić information content (AvgIpc) is 3.43. The van der Waals surface area contributed by atoms with Crippen LogP contribution in [0.1, 0.15) is 63.8 Å². The number of fused-ring (bicyclic) bond motifs is 3. The number of aromatic nitrogens is 2. The van der Waals surface area contributed by atoms with Crippen LogP contribution in [-0.4, -0.2) is 96.0 Å². The summed E-state index contributed by atoms with van der Waals surface area (Å²) in [6.45, 7) is 7.58. The maximum Gasteiger partial charge on any atom is 0.258 e. The minimum absolute atomic E-state index is 0.0193. The largest absolute Gasteiger partial charge is 0.493 e. The van der Waals surface area contributed by atoms with Gasteiger partial charge in [0, 0.05) is 45.6 Å². The molecule has 2 N–H and O–H groups in total. The van der Waals surface area contributed by atoms with E-state index in [-0.39, 0.29) is 43.2 Å². The van der Waals surface area contributed by atoms with Gasteiger partial charge in [0.2, 0.25) is 17.7 Å². The zero-order valence-electron chi connectivity index (χ0n) is 28.2. The highest BCUT2D eigenvalue weighted by molar-refractivity contribution is 5.87. The molecule has 12 heteroatoms. The number of hydrogen-bond acceptors (Lipinski definition) is 7. The highest BCUT2D eigenvalue weighted by Crippen LogP contribution is 2.28. The number of rotatable bonds is 4. The second kappa shape index (κ2) is 16.8. The van der Waals surface area contributed by atoms with Crippen LogP contribution in [0, 0.1) is 0 Å². The number of aryl methyl sites for hydroxylation is 1. The number of ether oxygens (including phenoxy) is 2. The first-order valence-corrected chi connectivity index (χ1v) is 16.4. The molecule has 0 saturated heterocycles. The monoisotopic (exact) mass is 648 g/mol. The number of carbonyl (C=O) groups excluding carboxylic acids is 4. The molecule has 0 spiro atoms. The Kier molecular flexibility index (Phi) is 12.6. The van der Waals surface area contributed by atoms with E-state index < -0.39 is 11.9 Å². The molecule has 2 bridgehead atoms. The molecule has 12 nitrogen and oxygen atoms in total. The molecular formula is C35H48N6O6. The summed E-state index contributed by atoms with van der Waals surface area (Å²) in [5.41, 5.74) is 2.64. The molecule has 2 heterocycles. The van der Waals surface area contributed by atoms with Gasteiger partial charge in [0.1, 0.15) is 18.4 Å². The molecule has 254 valence electrons. The lowest BCUT2D eigenvalue weighted by Gasteiger charge is -2.25. The molecule has 4 amide bonds. The molecule has 2 aromatic carbocycles. The molecule has 0 unspecified atom stereocenters. The zero-order chi connectivity index (χ0) is 33.9. The quantitative estimate of drug-likeness (QED) is 0.444. The van der Waals surface area contributed by atoms with Crippen molar-refractivity contribution < 1.29 is 28.7 Å². The number of imidazole rings is 1. The van der Waals surface area contributed by atoms with Crippen LogP contribution in [0.2, 0.25) is 0 Å². The molecule has 0 aliphatic carbocycles. The highest BCUT2D eigenvalue weighted by atomic mass is 16.5. The minimum atomic E-state index is -0.737. The van der Waals surface area contributed by atoms with Gasteiger partial charge < -0.3 is 34.5 Å². The Labute approximate surface area is 276 Å². The van der Waals surface area contributed by atoms with E-state index >= 15 is 0 Å². The maximum absolute atomic E-state index is 13.8. The van der Waals surface area contributed by atoms with Crippen molar-refractivity contribution in [1.82, 2.24) is 30.0 Å². The molecule has 3 aromatic rings. The number of methoxy groups -OCH3 is 1. The zero-order valence-corrected chi connectivity index (χ0v) is 28.2. The number of carbonyl (C=O) groups is 4. The predicted octanol–water partition coefficient (Wildman–Crippen LogP) is 3.27. The third kappa shape index (κ3) is 9.69. The van der Waals surface area contributed by atoms with Crippen molar-refractivity contribution >= 4 is 34.7 Å². The summed E-state index contributed by atoms with van der Waals surface area (Å²) in [5.74, 6) is 1.10. The topological polar surface area (TPSA) is 135 Å². The minimum Gasteiger partial charge on any atom is -0.493 e. The molecule has 0 fully saturated rings. The van der Waals surface area contributed by atoms with E-state index in [1.54, 1.807) is 31.0 Å². The summed E-state index contributed by atoms with van der Waals surface area (Å²) < 4.78 is 13.1. The summed E-state index contributed by atoms with van der Waals surface area (Å²) in [5, 5.41) is 5.69. The third-order valence-corrected chi connectivity index (χ3v) is 8.30. The van der Waals surface area contributed by atoms with Crippen LogP contribution in [0.5, 0.6) is 11.5 Å². The Morgan fingerprint density at radius 3 is 2.53 bits per heavy atom. The van der Waals surface area contributed by atoms with Gasteiger partial charge in [-0.2, -0.15) is 0 Å². The van der Waals surface area contributed by atoms with Crippen LogP contribution in [-0.2, 0) is 32.1 Å². The van der Waals surface area contributed by atoms with Crippen LogP contribution >= 0.6 is 0 Å². The molecule has 0 saturated carbocycles. The molecule has 1 aliphatic rings. The first-order chi connectivity index (χ1) is 22.6. The predicted molar refractivity (Wildman–Crippen MR) is 179 cm³/mol. The van der Waals surface area contributed by atoms with Crippen LogP contribution in [0.25, 0.3) is 11.0 Å². The number of amides is 4. The Morgan fingerprint density at radius 2 is 1.77 bits per heavy atom. The molecule has 47 heavy (non-hydrogen) atoms. The summed E-state index contributed by atoms with van der Waals surface area (Å²) in [6, 6.07) is 12.5. The summed E-state index contributed by atoms with van der Waals surface area (Å²) in [6.07, 6.45) is 2.71. The lowest BCUT2D eigenvalue weighted by molar-refractivity contribution is -0.135. The van der Waals surface area contributed by atoms with Crippen LogP contribution in [0.4, 0.5) is 0 Å².